The molecule has 0 radical (unpaired) electrons. The highest BCUT2D eigenvalue weighted by molar-refractivity contribution is 8.00. The first kappa shape index (κ1) is 21.3. The summed E-state index contributed by atoms with van der Waals surface area (Å²) in [5, 5.41) is 17.9. The normalized spacial score (nSPS) is 13.9. The van der Waals surface area contributed by atoms with E-state index in [1.807, 2.05) is 53.8 Å². The van der Waals surface area contributed by atoms with Crippen molar-refractivity contribution in [2.45, 2.75) is 38.1 Å². The van der Waals surface area contributed by atoms with E-state index in [2.05, 4.69) is 15.5 Å². The molecule has 31 heavy (non-hydrogen) atoms. The van der Waals surface area contributed by atoms with Crippen molar-refractivity contribution in [1.82, 2.24) is 30.2 Å². The molecule has 1 aliphatic rings. The fourth-order valence-corrected chi connectivity index (χ4v) is 4.59. The number of nitrogens with one attached hydrogen (secondary N) is 1. The number of carbonyl (C=O) groups is 2. The number of hydrogen-bond donors (Lipinski definition) is 1. The van der Waals surface area contributed by atoms with Gasteiger partial charge in [0, 0.05) is 31.4 Å². The molecule has 3 heterocycles. The predicted molar refractivity (Wildman–Crippen MR) is 120 cm³/mol. The lowest BCUT2D eigenvalue weighted by Crippen LogP contribution is -2.31. The maximum atomic E-state index is 12.3. The Labute approximate surface area is 185 Å². The Bertz CT molecular complexity index is 1100. The first-order chi connectivity index (χ1) is 15.0. The predicted octanol–water partition coefficient (Wildman–Crippen LogP) is 2.65. The van der Waals surface area contributed by atoms with Crippen LogP contribution in [0.15, 0.2) is 35.4 Å². The van der Waals surface area contributed by atoms with Crippen LogP contribution < -0.4 is 5.32 Å². The molecule has 1 saturated heterocycles. The molecule has 3 aromatic rings. The largest absolute Gasteiger partial charge is 0.355 e. The molecule has 1 aliphatic heterocycles. The first-order valence-electron chi connectivity index (χ1n) is 10.5. The number of aryl methyl sites for hydroxylation is 2. The van der Waals surface area contributed by atoms with Crippen LogP contribution in [0.2, 0.25) is 0 Å². The topological polar surface area (TPSA) is 93.0 Å². The van der Waals surface area contributed by atoms with Crippen molar-refractivity contribution in [2.75, 3.05) is 25.4 Å². The zero-order valence-electron chi connectivity index (χ0n) is 17.8. The summed E-state index contributed by atoms with van der Waals surface area (Å²) in [6.45, 7) is 6.03. The van der Waals surface area contributed by atoms with E-state index in [-0.39, 0.29) is 17.6 Å². The summed E-state index contributed by atoms with van der Waals surface area (Å²) < 4.78 is 1.89. The van der Waals surface area contributed by atoms with E-state index in [1.165, 1.54) is 11.8 Å². The number of para-hydroxylation sites is 1. The summed E-state index contributed by atoms with van der Waals surface area (Å²) >= 11 is 1.34. The molecule has 1 N–H and O–H groups in total. The summed E-state index contributed by atoms with van der Waals surface area (Å²) in [4.78, 5) is 25.8. The third-order valence-electron chi connectivity index (χ3n) is 5.41. The van der Waals surface area contributed by atoms with Crippen LogP contribution in [0.5, 0.6) is 0 Å². The molecule has 0 aliphatic carbocycles. The molecule has 0 spiro atoms. The number of nitrogens with zero attached hydrogens (tertiary/aromatic N) is 5. The average Bonchev–Trinajstić information content (AvgIpc) is 3.35. The monoisotopic (exact) mass is 438 g/mol. The van der Waals surface area contributed by atoms with Crippen molar-refractivity contribution in [3.63, 3.8) is 0 Å². The smallest absolute Gasteiger partial charge is 0.230 e. The number of thioether (sulfide) groups is 1. The molecule has 0 saturated carbocycles. The SMILES string of the molecule is Cc1nnc(SCC(=O)NCCCN2CCCC2=O)c2nn(-c3ccccc3)c(C)c12. The molecule has 1 aromatic carbocycles. The molecule has 162 valence electrons. The van der Waals surface area contributed by atoms with Gasteiger partial charge in [-0.15, -0.1) is 5.10 Å². The Morgan fingerprint density at radius 1 is 1.19 bits per heavy atom. The molecule has 1 fully saturated rings. The Kier molecular flexibility index (Phi) is 6.50. The number of rotatable bonds is 8. The van der Waals surface area contributed by atoms with Gasteiger partial charge in [0.25, 0.3) is 0 Å². The molecular formula is C22H26N6O2S. The number of benzene rings is 1. The van der Waals surface area contributed by atoms with Gasteiger partial charge in [0.2, 0.25) is 11.8 Å². The van der Waals surface area contributed by atoms with Crippen LogP contribution in [0.1, 0.15) is 30.7 Å². The summed E-state index contributed by atoms with van der Waals surface area (Å²) in [5.41, 5.74) is 3.55. The van der Waals surface area contributed by atoms with Gasteiger partial charge >= 0.3 is 0 Å². The Hall–Kier alpha value is -2.94. The lowest BCUT2D eigenvalue weighted by molar-refractivity contribution is -0.127. The summed E-state index contributed by atoms with van der Waals surface area (Å²) in [6.07, 6.45) is 2.35. The number of amides is 2. The van der Waals surface area contributed by atoms with Crippen molar-refractivity contribution in [3.8, 4) is 5.69 Å². The van der Waals surface area contributed by atoms with Crippen LogP contribution in [-0.2, 0) is 9.59 Å². The maximum absolute atomic E-state index is 12.3. The number of carbonyl (C=O) groups excluding carboxylic acids is 2. The number of likely N-dealkylation sites (tertiary alicyclic amines) is 1. The van der Waals surface area contributed by atoms with Crippen molar-refractivity contribution in [2.24, 2.45) is 0 Å². The second-order valence-electron chi connectivity index (χ2n) is 7.62. The van der Waals surface area contributed by atoms with Crippen molar-refractivity contribution < 1.29 is 9.59 Å². The molecular weight excluding hydrogens is 412 g/mol. The molecule has 0 atom stereocenters. The fourth-order valence-electron chi connectivity index (χ4n) is 3.84. The zero-order valence-corrected chi connectivity index (χ0v) is 18.6. The van der Waals surface area contributed by atoms with E-state index >= 15 is 0 Å². The summed E-state index contributed by atoms with van der Waals surface area (Å²) in [5.74, 6) is 0.397. The van der Waals surface area contributed by atoms with E-state index in [0.29, 0.717) is 24.5 Å². The van der Waals surface area contributed by atoms with Crippen molar-refractivity contribution in [3.05, 3.63) is 41.7 Å². The first-order valence-corrected chi connectivity index (χ1v) is 11.5. The lowest BCUT2D eigenvalue weighted by Gasteiger charge is -2.15. The highest BCUT2D eigenvalue weighted by Crippen LogP contribution is 2.29. The lowest BCUT2D eigenvalue weighted by atomic mass is 10.2. The Balaban J connectivity index is 1.38. The molecule has 8 nitrogen and oxygen atoms in total. The third kappa shape index (κ3) is 4.71. The van der Waals surface area contributed by atoms with Crippen LogP contribution in [0, 0.1) is 13.8 Å². The summed E-state index contributed by atoms with van der Waals surface area (Å²) in [6, 6.07) is 9.93. The van der Waals surface area contributed by atoms with Gasteiger partial charge in [-0.3, -0.25) is 9.59 Å². The minimum absolute atomic E-state index is 0.0625. The van der Waals surface area contributed by atoms with Crippen LogP contribution in [-0.4, -0.2) is 62.1 Å². The second-order valence-corrected chi connectivity index (χ2v) is 8.59. The minimum Gasteiger partial charge on any atom is -0.355 e. The highest BCUT2D eigenvalue weighted by Gasteiger charge is 2.20. The maximum Gasteiger partial charge on any atom is 0.230 e. The van der Waals surface area contributed by atoms with Crippen molar-refractivity contribution in [1.29, 1.82) is 0 Å². The molecule has 4 rings (SSSR count). The van der Waals surface area contributed by atoms with Gasteiger partial charge in [0.1, 0.15) is 10.5 Å². The zero-order chi connectivity index (χ0) is 21.8. The van der Waals surface area contributed by atoms with E-state index in [4.69, 9.17) is 5.10 Å². The Morgan fingerprint density at radius 2 is 2.00 bits per heavy atom. The molecule has 2 aromatic heterocycles. The quantitative estimate of drug-likeness (QED) is 0.429. The molecule has 0 bridgehead atoms. The van der Waals surface area contributed by atoms with Gasteiger partial charge in [0.15, 0.2) is 0 Å². The number of aromatic nitrogens is 4. The van der Waals surface area contributed by atoms with Gasteiger partial charge < -0.3 is 10.2 Å². The van der Waals surface area contributed by atoms with E-state index < -0.39 is 0 Å². The van der Waals surface area contributed by atoms with Gasteiger partial charge in [-0.25, -0.2) is 4.68 Å². The summed E-state index contributed by atoms with van der Waals surface area (Å²) in [7, 11) is 0. The van der Waals surface area contributed by atoms with Crippen LogP contribution in [0.25, 0.3) is 16.6 Å². The van der Waals surface area contributed by atoms with Crippen LogP contribution >= 0.6 is 11.8 Å². The molecule has 2 amide bonds. The number of fused-ring (bicyclic) bond motifs is 1. The standard InChI is InChI=1S/C22H26N6O2S/c1-15-20-16(2)28(17-8-4-3-5-9-17)26-21(20)22(25-24-15)31-14-18(29)23-11-7-13-27-12-6-10-19(27)30/h3-5,8-9H,6-7,10-14H2,1-2H3,(H,23,29). The molecule has 9 heteroatoms. The van der Waals surface area contributed by atoms with Gasteiger partial charge in [-0.05, 0) is 38.8 Å². The average molecular weight is 439 g/mol. The van der Waals surface area contributed by atoms with E-state index in [0.717, 1.165) is 47.4 Å². The van der Waals surface area contributed by atoms with E-state index in [9.17, 15) is 9.59 Å². The molecule has 0 unspecified atom stereocenters. The third-order valence-corrected chi connectivity index (χ3v) is 6.37. The van der Waals surface area contributed by atoms with Crippen LogP contribution in [0.4, 0.5) is 0 Å². The van der Waals surface area contributed by atoms with E-state index in [1.54, 1.807) is 0 Å². The van der Waals surface area contributed by atoms with Crippen LogP contribution in [0.3, 0.4) is 0 Å². The highest BCUT2D eigenvalue weighted by atomic mass is 32.2. The van der Waals surface area contributed by atoms with Gasteiger partial charge in [0.05, 0.1) is 22.8 Å². The fraction of sp³-hybridized carbons (Fsp3) is 0.409. The Morgan fingerprint density at radius 3 is 2.74 bits per heavy atom. The van der Waals surface area contributed by atoms with Gasteiger partial charge in [-0.1, -0.05) is 30.0 Å². The second kappa shape index (κ2) is 9.47. The minimum atomic E-state index is -0.0625. The van der Waals surface area contributed by atoms with Crippen molar-refractivity contribution >= 4 is 34.5 Å². The number of hydrogen-bond acceptors (Lipinski definition) is 6. The van der Waals surface area contributed by atoms with Gasteiger partial charge in [-0.2, -0.15) is 10.2 Å².